The Kier molecular flexibility index (Phi) is 2.49. The van der Waals surface area contributed by atoms with E-state index < -0.39 is 0 Å². The molecule has 1 atom stereocenters. The largest absolute Gasteiger partial charge is 0.327 e. The Hall–Kier alpha value is -0.870. The molecule has 0 N–H and O–H groups in total. The average molecular weight is 306 g/mol. The van der Waals surface area contributed by atoms with Crippen molar-refractivity contribution < 1.29 is 0 Å². The number of hydrogen-bond acceptors (Lipinski definition) is 2. The lowest BCUT2D eigenvalue weighted by Crippen LogP contribution is -2.30. The summed E-state index contributed by atoms with van der Waals surface area (Å²) in [4.78, 5) is 7.48. The van der Waals surface area contributed by atoms with Crippen LogP contribution >= 0.6 is 15.9 Å². The van der Waals surface area contributed by atoms with Gasteiger partial charge in [0.05, 0.1) is 11.0 Å². The molecule has 1 aromatic heterocycles. The summed E-state index contributed by atoms with van der Waals surface area (Å²) in [6, 6.07) is 7.16. The van der Waals surface area contributed by atoms with Gasteiger partial charge in [-0.25, -0.2) is 4.98 Å². The van der Waals surface area contributed by atoms with Crippen LogP contribution in [-0.2, 0) is 13.0 Å². The summed E-state index contributed by atoms with van der Waals surface area (Å²) in [7, 11) is 0. The molecule has 0 radical (unpaired) electrons. The molecular formula is C14H16BrN3. The lowest BCUT2D eigenvalue weighted by atomic mass is 10.1. The van der Waals surface area contributed by atoms with Crippen LogP contribution in [0.2, 0.25) is 0 Å². The third kappa shape index (κ3) is 1.62. The van der Waals surface area contributed by atoms with Crippen molar-refractivity contribution in [2.75, 3.05) is 13.1 Å². The summed E-state index contributed by atoms with van der Waals surface area (Å²) in [5.74, 6) is 1.28. The first-order valence-electron chi connectivity index (χ1n) is 6.70. The van der Waals surface area contributed by atoms with Crippen molar-refractivity contribution in [2.24, 2.45) is 0 Å². The number of nitrogens with zero attached hydrogens (tertiary/aromatic N) is 3. The molecule has 1 aromatic carbocycles. The van der Waals surface area contributed by atoms with Crippen molar-refractivity contribution in [3.63, 3.8) is 0 Å². The fraction of sp³-hybridized carbons (Fsp3) is 0.500. The minimum absolute atomic E-state index is 0.728. The normalized spacial score (nSPS) is 23.9. The molecule has 0 aliphatic carbocycles. The number of fused-ring (bicyclic) bond motifs is 4. The zero-order valence-electron chi connectivity index (χ0n) is 10.3. The van der Waals surface area contributed by atoms with Gasteiger partial charge < -0.3 is 4.57 Å². The Bertz CT molecular complexity index is 604. The number of halogens is 1. The molecule has 4 rings (SSSR count). The minimum atomic E-state index is 0.728. The SMILES string of the molecule is Brc1ccc2c(c1)nc1n2CCN2CCC[C@H]2C1. The van der Waals surface area contributed by atoms with Crippen molar-refractivity contribution in [3.8, 4) is 0 Å². The van der Waals surface area contributed by atoms with Crippen LogP contribution in [0.1, 0.15) is 18.7 Å². The average Bonchev–Trinajstić information content (AvgIpc) is 2.88. The second-order valence-corrected chi connectivity index (χ2v) is 6.26. The molecule has 0 saturated carbocycles. The van der Waals surface area contributed by atoms with E-state index in [0.29, 0.717) is 0 Å². The van der Waals surface area contributed by atoms with Gasteiger partial charge in [-0.3, -0.25) is 4.90 Å². The highest BCUT2D eigenvalue weighted by atomic mass is 79.9. The molecule has 2 aliphatic heterocycles. The van der Waals surface area contributed by atoms with Gasteiger partial charge in [-0.2, -0.15) is 0 Å². The van der Waals surface area contributed by atoms with Crippen molar-refractivity contribution in [2.45, 2.75) is 31.8 Å². The standard InChI is InChI=1S/C14H16BrN3/c15-10-3-4-13-12(8-10)16-14-9-11-2-1-5-17(11)6-7-18(13)14/h3-4,8,11H,1-2,5-7,9H2/t11-/m0/s1. The van der Waals surface area contributed by atoms with Crippen LogP contribution in [0.25, 0.3) is 11.0 Å². The van der Waals surface area contributed by atoms with Crippen LogP contribution in [0.15, 0.2) is 22.7 Å². The van der Waals surface area contributed by atoms with Gasteiger partial charge in [0.2, 0.25) is 0 Å². The minimum Gasteiger partial charge on any atom is -0.327 e. The fourth-order valence-corrected chi connectivity index (χ4v) is 3.77. The highest BCUT2D eigenvalue weighted by molar-refractivity contribution is 9.10. The van der Waals surface area contributed by atoms with Crippen molar-refractivity contribution >= 4 is 27.0 Å². The molecule has 0 bridgehead atoms. The quantitative estimate of drug-likeness (QED) is 0.746. The first kappa shape index (κ1) is 11.0. The number of imidazole rings is 1. The maximum Gasteiger partial charge on any atom is 0.111 e. The van der Waals surface area contributed by atoms with Gasteiger partial charge in [-0.05, 0) is 37.6 Å². The van der Waals surface area contributed by atoms with Crippen LogP contribution in [0.3, 0.4) is 0 Å². The summed E-state index contributed by atoms with van der Waals surface area (Å²) in [5, 5.41) is 0. The van der Waals surface area contributed by atoms with E-state index in [-0.39, 0.29) is 0 Å². The van der Waals surface area contributed by atoms with Gasteiger partial charge in [0.1, 0.15) is 5.82 Å². The van der Waals surface area contributed by atoms with Crippen molar-refractivity contribution in [1.82, 2.24) is 14.5 Å². The Balaban J connectivity index is 1.83. The predicted molar refractivity (Wildman–Crippen MR) is 75.7 cm³/mol. The number of benzene rings is 1. The fourth-order valence-electron chi connectivity index (χ4n) is 3.42. The molecule has 0 amide bonds. The second kappa shape index (κ2) is 4.07. The van der Waals surface area contributed by atoms with E-state index in [4.69, 9.17) is 4.98 Å². The summed E-state index contributed by atoms with van der Waals surface area (Å²) in [6.45, 7) is 3.54. The first-order chi connectivity index (χ1) is 8.81. The van der Waals surface area contributed by atoms with Crippen LogP contribution in [0.4, 0.5) is 0 Å². The summed E-state index contributed by atoms with van der Waals surface area (Å²) >= 11 is 3.53. The summed E-state index contributed by atoms with van der Waals surface area (Å²) in [5.41, 5.74) is 2.42. The Morgan fingerprint density at radius 3 is 3.11 bits per heavy atom. The van der Waals surface area contributed by atoms with Gasteiger partial charge in [-0.1, -0.05) is 15.9 Å². The van der Waals surface area contributed by atoms with E-state index in [1.807, 2.05) is 0 Å². The zero-order chi connectivity index (χ0) is 12.1. The van der Waals surface area contributed by atoms with E-state index >= 15 is 0 Å². The second-order valence-electron chi connectivity index (χ2n) is 5.35. The number of hydrogen-bond donors (Lipinski definition) is 0. The molecule has 0 spiro atoms. The third-order valence-corrected chi connectivity index (χ3v) is 4.81. The molecule has 0 unspecified atom stereocenters. The number of rotatable bonds is 0. The van der Waals surface area contributed by atoms with Gasteiger partial charge in [0.15, 0.2) is 0 Å². The monoisotopic (exact) mass is 305 g/mol. The van der Waals surface area contributed by atoms with Crippen LogP contribution in [0.5, 0.6) is 0 Å². The maximum atomic E-state index is 4.84. The molecule has 3 nitrogen and oxygen atoms in total. The molecule has 2 aromatic rings. The Morgan fingerprint density at radius 2 is 2.17 bits per heavy atom. The highest BCUT2D eigenvalue weighted by Gasteiger charge is 2.29. The van der Waals surface area contributed by atoms with Gasteiger partial charge >= 0.3 is 0 Å². The molecule has 94 valence electrons. The van der Waals surface area contributed by atoms with Crippen molar-refractivity contribution in [3.05, 3.63) is 28.5 Å². The molecular weight excluding hydrogens is 290 g/mol. The lowest BCUT2D eigenvalue weighted by molar-refractivity contribution is 0.258. The van der Waals surface area contributed by atoms with E-state index in [1.54, 1.807) is 0 Å². The zero-order valence-corrected chi connectivity index (χ0v) is 11.9. The number of aromatic nitrogens is 2. The van der Waals surface area contributed by atoms with Crippen LogP contribution in [0, 0.1) is 0 Å². The molecule has 3 heterocycles. The van der Waals surface area contributed by atoms with E-state index in [2.05, 4.69) is 43.6 Å². The van der Waals surface area contributed by atoms with Crippen LogP contribution in [-0.4, -0.2) is 33.6 Å². The van der Waals surface area contributed by atoms with Crippen LogP contribution < -0.4 is 0 Å². The van der Waals surface area contributed by atoms with Crippen molar-refractivity contribution in [1.29, 1.82) is 0 Å². The predicted octanol–water partition coefficient (Wildman–Crippen LogP) is 2.82. The molecule has 1 saturated heterocycles. The Morgan fingerprint density at radius 1 is 1.22 bits per heavy atom. The first-order valence-corrected chi connectivity index (χ1v) is 7.49. The Labute approximate surface area is 115 Å². The van der Waals surface area contributed by atoms with Gasteiger partial charge in [-0.15, -0.1) is 0 Å². The van der Waals surface area contributed by atoms with E-state index in [9.17, 15) is 0 Å². The maximum absolute atomic E-state index is 4.84. The smallest absolute Gasteiger partial charge is 0.111 e. The summed E-state index contributed by atoms with van der Waals surface area (Å²) < 4.78 is 3.53. The molecule has 4 heteroatoms. The van der Waals surface area contributed by atoms with Gasteiger partial charge in [0.25, 0.3) is 0 Å². The van der Waals surface area contributed by atoms with E-state index in [0.717, 1.165) is 29.0 Å². The topological polar surface area (TPSA) is 21.1 Å². The molecule has 2 aliphatic rings. The third-order valence-electron chi connectivity index (χ3n) is 4.32. The molecule has 1 fully saturated rings. The van der Waals surface area contributed by atoms with E-state index in [1.165, 1.54) is 37.3 Å². The molecule has 18 heavy (non-hydrogen) atoms. The van der Waals surface area contributed by atoms with Gasteiger partial charge in [0, 0.05) is 30.0 Å². The summed E-state index contributed by atoms with van der Waals surface area (Å²) in [6.07, 6.45) is 3.82. The highest BCUT2D eigenvalue weighted by Crippen LogP contribution is 2.27. The lowest BCUT2D eigenvalue weighted by Gasteiger charge is -2.20.